The summed E-state index contributed by atoms with van der Waals surface area (Å²) in [5, 5.41) is 7.87. The molecule has 2 heterocycles. The number of benzene rings is 1. The van der Waals surface area contributed by atoms with Crippen LogP contribution in [0.25, 0.3) is 5.57 Å². The van der Waals surface area contributed by atoms with E-state index in [1.807, 2.05) is 41.0 Å². The first-order chi connectivity index (χ1) is 12.1. The van der Waals surface area contributed by atoms with Gasteiger partial charge in [0.15, 0.2) is 0 Å². The molecule has 0 radical (unpaired) electrons. The normalized spacial score (nSPS) is 15.4. The summed E-state index contributed by atoms with van der Waals surface area (Å²) >= 11 is 0. The van der Waals surface area contributed by atoms with Crippen molar-refractivity contribution in [2.24, 2.45) is 0 Å². The monoisotopic (exact) mass is 342 g/mol. The Morgan fingerprint density at radius 3 is 2.40 bits per heavy atom. The number of aromatic nitrogens is 2. The molecule has 0 atom stereocenters. The van der Waals surface area contributed by atoms with Crippen LogP contribution in [-0.4, -0.2) is 54.3 Å². The molecule has 0 unspecified atom stereocenters. The molecule has 0 saturated carbocycles. The number of rotatable bonds is 4. The van der Waals surface area contributed by atoms with Gasteiger partial charge in [-0.2, -0.15) is 0 Å². The number of hydrogen-bond donors (Lipinski definition) is 0. The van der Waals surface area contributed by atoms with Crippen molar-refractivity contribution in [2.45, 2.75) is 13.8 Å². The summed E-state index contributed by atoms with van der Waals surface area (Å²) < 4.78 is 10.6. The van der Waals surface area contributed by atoms with E-state index in [-0.39, 0.29) is 5.91 Å². The van der Waals surface area contributed by atoms with Gasteiger partial charge in [-0.1, -0.05) is 17.2 Å². The highest BCUT2D eigenvalue weighted by molar-refractivity contribution is 5.95. The van der Waals surface area contributed by atoms with Gasteiger partial charge < -0.3 is 19.0 Å². The zero-order chi connectivity index (χ0) is 17.8. The molecule has 0 bridgehead atoms. The van der Waals surface area contributed by atoms with E-state index in [1.54, 1.807) is 20.1 Å². The average molecular weight is 342 g/mol. The van der Waals surface area contributed by atoms with Gasteiger partial charge in [-0.05, 0) is 30.2 Å². The lowest BCUT2D eigenvalue weighted by molar-refractivity contribution is -0.126. The number of carbonyl (C=O) groups is 1. The minimum absolute atomic E-state index is 0.0228. The molecular formula is C18H22N4O3. The predicted octanol–water partition coefficient (Wildman–Crippen LogP) is 2.14. The summed E-state index contributed by atoms with van der Waals surface area (Å²) in [4.78, 5) is 16.4. The van der Waals surface area contributed by atoms with Crippen LogP contribution < -0.4 is 9.64 Å². The molecule has 1 aromatic heterocycles. The van der Waals surface area contributed by atoms with Crippen molar-refractivity contribution in [3.05, 3.63) is 41.8 Å². The van der Waals surface area contributed by atoms with E-state index in [1.165, 1.54) is 0 Å². The number of amides is 1. The number of ether oxygens (including phenoxy) is 1. The fourth-order valence-electron chi connectivity index (χ4n) is 2.75. The van der Waals surface area contributed by atoms with Crippen molar-refractivity contribution >= 4 is 17.5 Å². The zero-order valence-corrected chi connectivity index (χ0v) is 14.7. The average Bonchev–Trinajstić information content (AvgIpc) is 3.08. The third-order valence-corrected chi connectivity index (χ3v) is 4.26. The molecule has 7 nitrogen and oxygen atoms in total. The topological polar surface area (TPSA) is 71.7 Å². The Morgan fingerprint density at radius 2 is 1.84 bits per heavy atom. The molecule has 1 amide bonds. The molecule has 1 aliphatic heterocycles. The van der Waals surface area contributed by atoms with Crippen LogP contribution in [0.5, 0.6) is 5.75 Å². The van der Waals surface area contributed by atoms with E-state index in [0.29, 0.717) is 38.1 Å². The number of nitrogens with zero attached hydrogens (tertiary/aromatic N) is 4. The number of methoxy groups -OCH3 is 1. The van der Waals surface area contributed by atoms with Gasteiger partial charge in [0.25, 0.3) is 0 Å². The van der Waals surface area contributed by atoms with Crippen molar-refractivity contribution in [3.63, 3.8) is 0 Å². The molecule has 3 rings (SSSR count). The van der Waals surface area contributed by atoms with Gasteiger partial charge in [0, 0.05) is 39.2 Å². The molecule has 132 valence electrons. The van der Waals surface area contributed by atoms with Crippen molar-refractivity contribution < 1.29 is 13.9 Å². The van der Waals surface area contributed by atoms with Gasteiger partial charge in [0.1, 0.15) is 5.75 Å². The Morgan fingerprint density at radius 1 is 1.16 bits per heavy atom. The van der Waals surface area contributed by atoms with Crippen LogP contribution in [0.1, 0.15) is 18.4 Å². The summed E-state index contributed by atoms with van der Waals surface area (Å²) in [6.07, 6.45) is 1.69. The molecule has 0 aliphatic carbocycles. The minimum Gasteiger partial charge on any atom is -0.497 e. The summed E-state index contributed by atoms with van der Waals surface area (Å²) in [7, 11) is 1.64. The van der Waals surface area contributed by atoms with Crippen molar-refractivity contribution in [1.29, 1.82) is 0 Å². The van der Waals surface area contributed by atoms with Gasteiger partial charge in [-0.15, -0.1) is 5.10 Å². The standard InChI is InChI=1S/C18H22N4O3/c1-13(15-4-6-16(24-3)7-5-15)12-17(23)21-8-10-22(11-9-21)18-20-19-14(2)25-18/h4-7,12H,8-11H2,1-3H3/b13-12+. The lowest BCUT2D eigenvalue weighted by Gasteiger charge is -2.33. The first-order valence-electron chi connectivity index (χ1n) is 8.23. The molecule has 1 aliphatic rings. The Bertz CT molecular complexity index is 759. The van der Waals surface area contributed by atoms with Crippen LogP contribution in [0, 0.1) is 6.92 Å². The van der Waals surface area contributed by atoms with Gasteiger partial charge in [-0.3, -0.25) is 4.79 Å². The van der Waals surface area contributed by atoms with Crippen molar-refractivity contribution in [1.82, 2.24) is 15.1 Å². The van der Waals surface area contributed by atoms with Gasteiger partial charge in [-0.25, -0.2) is 0 Å². The molecular weight excluding hydrogens is 320 g/mol. The lowest BCUT2D eigenvalue weighted by Crippen LogP contribution is -2.48. The number of allylic oxidation sites excluding steroid dienone is 1. The number of hydrogen-bond acceptors (Lipinski definition) is 6. The Kier molecular flexibility index (Phi) is 5.02. The maximum atomic E-state index is 12.5. The molecule has 2 aromatic rings. The molecule has 1 fully saturated rings. The maximum absolute atomic E-state index is 12.5. The first kappa shape index (κ1) is 17.0. The maximum Gasteiger partial charge on any atom is 0.318 e. The Labute approximate surface area is 146 Å². The summed E-state index contributed by atoms with van der Waals surface area (Å²) in [6, 6.07) is 8.21. The predicted molar refractivity (Wildman–Crippen MR) is 94.5 cm³/mol. The van der Waals surface area contributed by atoms with Crippen LogP contribution in [0.15, 0.2) is 34.8 Å². The highest BCUT2D eigenvalue weighted by Gasteiger charge is 2.23. The van der Waals surface area contributed by atoms with Crippen LogP contribution in [0.2, 0.25) is 0 Å². The quantitative estimate of drug-likeness (QED) is 0.793. The first-order valence-corrected chi connectivity index (χ1v) is 8.23. The summed E-state index contributed by atoms with van der Waals surface area (Å²) in [5.41, 5.74) is 1.94. The van der Waals surface area contributed by atoms with E-state index < -0.39 is 0 Å². The smallest absolute Gasteiger partial charge is 0.318 e. The van der Waals surface area contributed by atoms with Crippen LogP contribution in [0.4, 0.5) is 6.01 Å². The number of piperazine rings is 1. The van der Waals surface area contributed by atoms with Crippen LogP contribution in [-0.2, 0) is 4.79 Å². The number of anilines is 1. The number of aryl methyl sites for hydroxylation is 1. The molecule has 1 saturated heterocycles. The summed E-state index contributed by atoms with van der Waals surface area (Å²) in [5.74, 6) is 1.37. The van der Waals surface area contributed by atoms with Crippen LogP contribution in [0.3, 0.4) is 0 Å². The minimum atomic E-state index is 0.0228. The van der Waals surface area contributed by atoms with E-state index in [0.717, 1.165) is 16.9 Å². The van der Waals surface area contributed by atoms with Gasteiger partial charge in [0.05, 0.1) is 7.11 Å². The number of carbonyl (C=O) groups excluding carboxylic acids is 1. The van der Waals surface area contributed by atoms with E-state index >= 15 is 0 Å². The molecule has 7 heteroatoms. The molecule has 0 spiro atoms. The van der Waals surface area contributed by atoms with Crippen molar-refractivity contribution in [3.8, 4) is 5.75 Å². The van der Waals surface area contributed by atoms with E-state index in [4.69, 9.17) is 9.15 Å². The molecule has 0 N–H and O–H groups in total. The second-order valence-corrected chi connectivity index (χ2v) is 5.97. The highest BCUT2D eigenvalue weighted by atomic mass is 16.5. The summed E-state index contributed by atoms with van der Waals surface area (Å²) in [6.45, 7) is 6.34. The SMILES string of the molecule is COc1ccc(/C(C)=C/C(=O)N2CCN(c3nnc(C)o3)CC2)cc1. The fraction of sp³-hybridized carbons (Fsp3) is 0.389. The van der Waals surface area contributed by atoms with Gasteiger partial charge in [0.2, 0.25) is 11.8 Å². The largest absolute Gasteiger partial charge is 0.497 e. The lowest BCUT2D eigenvalue weighted by atomic mass is 10.1. The second-order valence-electron chi connectivity index (χ2n) is 5.97. The van der Waals surface area contributed by atoms with Gasteiger partial charge >= 0.3 is 6.01 Å². The van der Waals surface area contributed by atoms with E-state index in [2.05, 4.69) is 10.2 Å². The Balaban J connectivity index is 1.59. The molecule has 25 heavy (non-hydrogen) atoms. The highest BCUT2D eigenvalue weighted by Crippen LogP contribution is 2.19. The third-order valence-electron chi connectivity index (χ3n) is 4.26. The molecule has 1 aromatic carbocycles. The van der Waals surface area contributed by atoms with Crippen molar-refractivity contribution in [2.75, 3.05) is 38.2 Å². The third kappa shape index (κ3) is 3.99. The van der Waals surface area contributed by atoms with E-state index in [9.17, 15) is 4.79 Å². The second kappa shape index (κ2) is 7.38. The van der Waals surface area contributed by atoms with Crippen LogP contribution >= 0.6 is 0 Å². The Hall–Kier alpha value is -2.83. The zero-order valence-electron chi connectivity index (χ0n) is 14.7. The fourth-order valence-corrected chi connectivity index (χ4v) is 2.75.